The predicted octanol–water partition coefficient (Wildman–Crippen LogP) is 0.470. The molecule has 1 saturated heterocycles. The molecule has 5 heteroatoms. The van der Waals surface area contributed by atoms with Crippen LogP contribution in [0.25, 0.3) is 0 Å². The van der Waals surface area contributed by atoms with Gasteiger partial charge in [0.15, 0.2) is 0 Å². The molecule has 1 atom stereocenters. The van der Waals surface area contributed by atoms with E-state index in [0.717, 1.165) is 6.04 Å². The fourth-order valence-corrected chi connectivity index (χ4v) is 1.00. The lowest BCUT2D eigenvalue weighted by Crippen LogP contribution is -2.16. The van der Waals surface area contributed by atoms with Crippen LogP contribution in [-0.2, 0) is 9.59 Å². The highest BCUT2D eigenvalue weighted by Crippen LogP contribution is 2.01. The van der Waals surface area contributed by atoms with Gasteiger partial charge in [-0.2, -0.15) is 0 Å². The molecule has 0 aromatic rings. The fourth-order valence-electron chi connectivity index (χ4n) is 1.00. The smallest absolute Gasteiger partial charge is 0.328 e. The van der Waals surface area contributed by atoms with E-state index >= 15 is 0 Å². The Morgan fingerprint density at radius 3 is 1.93 bits per heavy atom. The van der Waals surface area contributed by atoms with Crippen LogP contribution in [0.15, 0.2) is 12.2 Å². The van der Waals surface area contributed by atoms with Gasteiger partial charge in [0.05, 0.1) is 0 Å². The third-order valence-corrected chi connectivity index (χ3v) is 1.68. The molecular weight excluding hydrogens is 186 g/mol. The maximum Gasteiger partial charge on any atom is 0.328 e. The number of nitrogens with one attached hydrogen (secondary N) is 1. The van der Waals surface area contributed by atoms with Gasteiger partial charge in [-0.15, -0.1) is 0 Å². The van der Waals surface area contributed by atoms with Crippen molar-refractivity contribution in [1.29, 1.82) is 0 Å². The summed E-state index contributed by atoms with van der Waals surface area (Å²) in [7, 11) is 0. The summed E-state index contributed by atoms with van der Waals surface area (Å²) in [4.78, 5) is 19.1. The number of hydrogen-bond acceptors (Lipinski definition) is 3. The van der Waals surface area contributed by atoms with Gasteiger partial charge in [0, 0.05) is 18.2 Å². The molecule has 0 amide bonds. The SMILES string of the molecule is CC1CCCN1.O=C(O)/C=C\C(=O)O. The van der Waals surface area contributed by atoms with Gasteiger partial charge in [-0.1, -0.05) is 0 Å². The number of carbonyl (C=O) groups is 2. The van der Waals surface area contributed by atoms with E-state index in [1.54, 1.807) is 0 Å². The summed E-state index contributed by atoms with van der Waals surface area (Å²) in [5, 5.41) is 18.9. The second kappa shape index (κ2) is 7.08. The topological polar surface area (TPSA) is 86.6 Å². The Morgan fingerprint density at radius 1 is 1.29 bits per heavy atom. The minimum absolute atomic E-state index is 0.558. The standard InChI is InChI=1S/C5H11N.C4H4O4/c1-5-3-2-4-6-5;5-3(6)1-2-4(7)8/h5-6H,2-4H2,1H3;1-2H,(H,5,6)(H,7,8)/b;2-1-. The van der Waals surface area contributed by atoms with Gasteiger partial charge in [-0.3, -0.25) is 0 Å². The number of carboxylic acids is 2. The molecule has 1 heterocycles. The van der Waals surface area contributed by atoms with Gasteiger partial charge >= 0.3 is 11.9 Å². The molecule has 1 fully saturated rings. The van der Waals surface area contributed by atoms with Crippen LogP contribution in [0.1, 0.15) is 19.8 Å². The van der Waals surface area contributed by atoms with Crippen molar-refractivity contribution in [3.8, 4) is 0 Å². The number of carboxylic acid groups (broad SMARTS) is 2. The summed E-state index contributed by atoms with van der Waals surface area (Å²) in [6.07, 6.45) is 3.87. The second-order valence-electron chi connectivity index (χ2n) is 3.01. The molecule has 0 aromatic carbocycles. The summed E-state index contributed by atoms with van der Waals surface area (Å²) in [6, 6.07) is 0.796. The molecule has 1 rings (SSSR count). The monoisotopic (exact) mass is 201 g/mol. The lowest BCUT2D eigenvalue weighted by molar-refractivity contribution is -0.134. The van der Waals surface area contributed by atoms with Crippen LogP contribution in [-0.4, -0.2) is 34.7 Å². The third-order valence-electron chi connectivity index (χ3n) is 1.68. The Bertz CT molecular complexity index is 203. The summed E-state index contributed by atoms with van der Waals surface area (Å²) in [5.74, 6) is -2.51. The zero-order chi connectivity index (χ0) is 11.0. The van der Waals surface area contributed by atoms with E-state index in [4.69, 9.17) is 10.2 Å². The molecule has 3 N–H and O–H groups in total. The van der Waals surface area contributed by atoms with Crippen LogP contribution in [0, 0.1) is 0 Å². The van der Waals surface area contributed by atoms with Crippen molar-refractivity contribution in [2.45, 2.75) is 25.8 Å². The zero-order valence-corrected chi connectivity index (χ0v) is 8.06. The van der Waals surface area contributed by atoms with Crippen molar-refractivity contribution in [3.05, 3.63) is 12.2 Å². The van der Waals surface area contributed by atoms with Crippen LogP contribution in [0.5, 0.6) is 0 Å². The van der Waals surface area contributed by atoms with E-state index in [0.29, 0.717) is 12.2 Å². The summed E-state index contributed by atoms with van der Waals surface area (Å²) >= 11 is 0. The van der Waals surface area contributed by atoms with Gasteiger partial charge in [0.25, 0.3) is 0 Å². The van der Waals surface area contributed by atoms with Crippen molar-refractivity contribution >= 4 is 11.9 Å². The van der Waals surface area contributed by atoms with Crippen LogP contribution in [0.2, 0.25) is 0 Å². The number of hydrogen-bond donors (Lipinski definition) is 3. The molecular formula is C9H15NO4. The minimum Gasteiger partial charge on any atom is -0.478 e. The average Bonchev–Trinajstić information content (AvgIpc) is 2.53. The number of rotatable bonds is 2. The van der Waals surface area contributed by atoms with Gasteiger partial charge in [-0.05, 0) is 26.3 Å². The predicted molar refractivity (Wildman–Crippen MR) is 51.1 cm³/mol. The lowest BCUT2D eigenvalue weighted by Gasteiger charge is -1.95. The minimum atomic E-state index is -1.26. The van der Waals surface area contributed by atoms with Gasteiger partial charge in [0.2, 0.25) is 0 Å². The van der Waals surface area contributed by atoms with Crippen molar-refractivity contribution in [1.82, 2.24) is 5.32 Å². The van der Waals surface area contributed by atoms with Crippen molar-refractivity contribution in [2.75, 3.05) is 6.54 Å². The Hall–Kier alpha value is -1.36. The maximum absolute atomic E-state index is 9.55. The molecule has 0 aromatic heterocycles. The molecule has 0 aliphatic carbocycles. The summed E-state index contributed by atoms with van der Waals surface area (Å²) in [5.41, 5.74) is 0. The van der Waals surface area contributed by atoms with Gasteiger partial charge < -0.3 is 15.5 Å². The number of aliphatic carboxylic acids is 2. The van der Waals surface area contributed by atoms with E-state index in [1.807, 2.05) is 0 Å². The molecule has 0 bridgehead atoms. The van der Waals surface area contributed by atoms with Crippen LogP contribution in [0.3, 0.4) is 0 Å². The van der Waals surface area contributed by atoms with Crippen LogP contribution < -0.4 is 5.32 Å². The van der Waals surface area contributed by atoms with Crippen molar-refractivity contribution in [3.63, 3.8) is 0 Å². The molecule has 1 aliphatic rings. The molecule has 0 spiro atoms. The first-order valence-electron chi connectivity index (χ1n) is 4.39. The van der Waals surface area contributed by atoms with E-state index in [-0.39, 0.29) is 0 Å². The molecule has 0 radical (unpaired) electrons. The van der Waals surface area contributed by atoms with Gasteiger partial charge in [-0.25, -0.2) is 9.59 Å². The van der Waals surface area contributed by atoms with Crippen molar-refractivity contribution in [2.24, 2.45) is 0 Å². The first-order chi connectivity index (χ1) is 6.52. The highest BCUT2D eigenvalue weighted by atomic mass is 16.4. The molecule has 14 heavy (non-hydrogen) atoms. The normalized spacial score (nSPS) is 20.2. The molecule has 1 unspecified atom stereocenters. The first-order valence-corrected chi connectivity index (χ1v) is 4.39. The Balaban J connectivity index is 0.000000249. The zero-order valence-electron chi connectivity index (χ0n) is 8.06. The van der Waals surface area contributed by atoms with Gasteiger partial charge in [0.1, 0.15) is 0 Å². The molecule has 1 aliphatic heterocycles. The molecule has 5 nitrogen and oxygen atoms in total. The highest BCUT2D eigenvalue weighted by molar-refractivity contribution is 5.89. The maximum atomic E-state index is 9.55. The second-order valence-corrected chi connectivity index (χ2v) is 3.01. The average molecular weight is 201 g/mol. The van der Waals surface area contributed by atoms with Crippen LogP contribution in [0.4, 0.5) is 0 Å². The molecule has 80 valence electrons. The summed E-state index contributed by atoms with van der Waals surface area (Å²) in [6.45, 7) is 3.47. The molecule has 0 saturated carbocycles. The third kappa shape index (κ3) is 8.73. The fraction of sp³-hybridized carbons (Fsp3) is 0.556. The van der Waals surface area contributed by atoms with E-state index < -0.39 is 11.9 Å². The van der Waals surface area contributed by atoms with Crippen LogP contribution >= 0.6 is 0 Å². The lowest BCUT2D eigenvalue weighted by atomic mass is 10.3. The van der Waals surface area contributed by atoms with Crippen molar-refractivity contribution < 1.29 is 19.8 Å². The van der Waals surface area contributed by atoms with E-state index in [2.05, 4.69) is 12.2 Å². The quantitative estimate of drug-likeness (QED) is 0.565. The van der Waals surface area contributed by atoms with E-state index in [9.17, 15) is 9.59 Å². The Labute approximate surface area is 82.4 Å². The largest absolute Gasteiger partial charge is 0.478 e. The Morgan fingerprint density at radius 2 is 1.79 bits per heavy atom. The highest BCUT2D eigenvalue weighted by Gasteiger charge is 2.05. The summed E-state index contributed by atoms with van der Waals surface area (Å²) < 4.78 is 0. The Kier molecular flexibility index (Phi) is 6.39. The van der Waals surface area contributed by atoms with E-state index in [1.165, 1.54) is 19.4 Å². The first kappa shape index (κ1) is 12.6.